The Morgan fingerprint density at radius 2 is 2.20 bits per heavy atom. The van der Waals surface area contributed by atoms with Gasteiger partial charge in [-0.3, -0.25) is 4.79 Å². The van der Waals surface area contributed by atoms with Gasteiger partial charge in [-0.15, -0.1) is 6.42 Å². The van der Waals surface area contributed by atoms with E-state index in [0.29, 0.717) is 11.4 Å². The van der Waals surface area contributed by atoms with Crippen molar-refractivity contribution in [2.75, 3.05) is 5.32 Å². The van der Waals surface area contributed by atoms with E-state index in [1.165, 1.54) is 0 Å². The lowest BCUT2D eigenvalue weighted by atomic mass is 9.95. The van der Waals surface area contributed by atoms with Crippen LogP contribution in [-0.2, 0) is 4.79 Å². The molecule has 1 rings (SSSR count). The summed E-state index contributed by atoms with van der Waals surface area (Å²) in [6.45, 7) is 5.52. The second-order valence-electron chi connectivity index (χ2n) is 4.25. The summed E-state index contributed by atoms with van der Waals surface area (Å²) in [6, 6.07) is 3.48. The Morgan fingerprint density at radius 3 is 2.73 bits per heavy atom. The molecular formula is C12H14N2O. The monoisotopic (exact) mass is 202 g/mol. The topological polar surface area (TPSA) is 42.0 Å². The highest BCUT2D eigenvalue weighted by molar-refractivity contribution is 5.95. The van der Waals surface area contributed by atoms with Gasteiger partial charge in [0.1, 0.15) is 5.69 Å². The van der Waals surface area contributed by atoms with E-state index < -0.39 is 5.41 Å². The smallest absolute Gasteiger partial charge is 0.229 e. The number of aromatic nitrogens is 1. The molecule has 1 aromatic heterocycles. The third-order valence-corrected chi connectivity index (χ3v) is 1.87. The van der Waals surface area contributed by atoms with Crippen molar-refractivity contribution in [1.29, 1.82) is 0 Å². The molecular weight excluding hydrogens is 188 g/mol. The molecule has 0 aromatic carbocycles. The molecule has 1 N–H and O–H groups in total. The zero-order valence-corrected chi connectivity index (χ0v) is 9.16. The van der Waals surface area contributed by atoms with Crippen LogP contribution in [-0.4, -0.2) is 10.9 Å². The van der Waals surface area contributed by atoms with E-state index in [0.717, 1.165) is 0 Å². The fraction of sp³-hybridized carbons (Fsp3) is 0.333. The van der Waals surface area contributed by atoms with E-state index in [2.05, 4.69) is 16.2 Å². The van der Waals surface area contributed by atoms with Gasteiger partial charge in [-0.1, -0.05) is 20.8 Å². The van der Waals surface area contributed by atoms with Crippen molar-refractivity contribution in [3.8, 4) is 12.3 Å². The third kappa shape index (κ3) is 2.81. The molecule has 0 aliphatic heterocycles. The summed E-state index contributed by atoms with van der Waals surface area (Å²) in [4.78, 5) is 15.7. The number of rotatable bonds is 1. The third-order valence-electron chi connectivity index (χ3n) is 1.87. The average molecular weight is 202 g/mol. The summed E-state index contributed by atoms with van der Waals surface area (Å²) in [6.07, 6.45) is 6.87. The largest absolute Gasteiger partial charge is 0.323 e. The van der Waals surface area contributed by atoms with Crippen LogP contribution in [0.3, 0.4) is 0 Å². The maximum Gasteiger partial charge on any atom is 0.229 e. The second-order valence-corrected chi connectivity index (χ2v) is 4.25. The maximum absolute atomic E-state index is 11.7. The van der Waals surface area contributed by atoms with Gasteiger partial charge >= 0.3 is 0 Å². The molecule has 0 spiro atoms. The van der Waals surface area contributed by atoms with Crippen LogP contribution in [0.5, 0.6) is 0 Å². The zero-order chi connectivity index (χ0) is 11.5. The SMILES string of the molecule is C#Cc1ncccc1NC(=O)C(C)(C)C. The number of amides is 1. The van der Waals surface area contributed by atoms with Crippen LogP contribution in [0.4, 0.5) is 5.69 Å². The molecule has 0 saturated heterocycles. The van der Waals surface area contributed by atoms with Crippen molar-refractivity contribution in [1.82, 2.24) is 4.98 Å². The molecule has 0 bridgehead atoms. The van der Waals surface area contributed by atoms with Crippen LogP contribution in [0, 0.1) is 17.8 Å². The van der Waals surface area contributed by atoms with E-state index in [-0.39, 0.29) is 5.91 Å². The van der Waals surface area contributed by atoms with Crippen molar-refractivity contribution in [2.24, 2.45) is 5.41 Å². The first kappa shape index (κ1) is 11.3. The van der Waals surface area contributed by atoms with Crippen LogP contribution in [0.15, 0.2) is 18.3 Å². The van der Waals surface area contributed by atoms with Gasteiger partial charge in [0.25, 0.3) is 0 Å². The predicted octanol–water partition coefficient (Wildman–Crippen LogP) is 2.05. The van der Waals surface area contributed by atoms with Crippen molar-refractivity contribution in [3.05, 3.63) is 24.0 Å². The fourth-order valence-corrected chi connectivity index (χ4v) is 0.931. The first-order chi connectivity index (χ1) is 6.95. The Hall–Kier alpha value is -1.82. The Balaban J connectivity index is 2.92. The van der Waals surface area contributed by atoms with Crippen LogP contribution < -0.4 is 5.32 Å². The van der Waals surface area contributed by atoms with Gasteiger partial charge in [0, 0.05) is 11.6 Å². The summed E-state index contributed by atoms with van der Waals surface area (Å²) in [5.41, 5.74) is 0.594. The lowest BCUT2D eigenvalue weighted by Crippen LogP contribution is -2.28. The van der Waals surface area contributed by atoms with Crippen LogP contribution in [0.1, 0.15) is 26.5 Å². The Kier molecular flexibility index (Phi) is 3.11. The predicted molar refractivity (Wildman–Crippen MR) is 60.3 cm³/mol. The van der Waals surface area contributed by atoms with E-state index >= 15 is 0 Å². The van der Waals surface area contributed by atoms with Crippen molar-refractivity contribution in [3.63, 3.8) is 0 Å². The fourth-order valence-electron chi connectivity index (χ4n) is 0.931. The molecule has 1 amide bonds. The van der Waals surface area contributed by atoms with Gasteiger partial charge in [-0.25, -0.2) is 4.98 Å². The number of hydrogen-bond donors (Lipinski definition) is 1. The standard InChI is InChI=1S/C12H14N2O/c1-5-9-10(7-6-8-13-9)14-11(15)12(2,3)4/h1,6-8H,2-4H3,(H,14,15). The maximum atomic E-state index is 11.7. The summed E-state index contributed by atoms with van der Waals surface area (Å²) in [5.74, 6) is 2.35. The normalized spacial score (nSPS) is 10.5. The van der Waals surface area contributed by atoms with E-state index in [1.54, 1.807) is 18.3 Å². The molecule has 1 heterocycles. The number of carbonyl (C=O) groups excluding carboxylic acids is 1. The minimum absolute atomic E-state index is 0.0769. The molecule has 3 nitrogen and oxygen atoms in total. The number of carbonyl (C=O) groups is 1. The Morgan fingerprint density at radius 1 is 1.53 bits per heavy atom. The molecule has 78 valence electrons. The molecule has 0 saturated carbocycles. The van der Waals surface area contributed by atoms with Gasteiger partial charge in [0.2, 0.25) is 5.91 Å². The first-order valence-electron chi connectivity index (χ1n) is 4.68. The second kappa shape index (κ2) is 4.14. The minimum Gasteiger partial charge on any atom is -0.323 e. The molecule has 0 aliphatic carbocycles. The highest BCUT2D eigenvalue weighted by atomic mass is 16.2. The number of terminal acetylenes is 1. The minimum atomic E-state index is -0.443. The van der Waals surface area contributed by atoms with E-state index in [4.69, 9.17) is 6.42 Å². The zero-order valence-electron chi connectivity index (χ0n) is 9.16. The van der Waals surface area contributed by atoms with Gasteiger partial charge in [-0.2, -0.15) is 0 Å². The van der Waals surface area contributed by atoms with E-state index in [1.807, 2.05) is 20.8 Å². The lowest BCUT2D eigenvalue weighted by Gasteiger charge is -2.17. The highest BCUT2D eigenvalue weighted by Gasteiger charge is 2.21. The van der Waals surface area contributed by atoms with Crippen molar-refractivity contribution < 1.29 is 4.79 Å². The lowest BCUT2D eigenvalue weighted by molar-refractivity contribution is -0.123. The molecule has 0 radical (unpaired) electrons. The van der Waals surface area contributed by atoms with Gasteiger partial charge in [0.05, 0.1) is 5.69 Å². The first-order valence-corrected chi connectivity index (χ1v) is 4.68. The van der Waals surface area contributed by atoms with Crippen LogP contribution >= 0.6 is 0 Å². The van der Waals surface area contributed by atoms with Crippen LogP contribution in [0.25, 0.3) is 0 Å². The average Bonchev–Trinajstić information content (AvgIpc) is 2.17. The van der Waals surface area contributed by atoms with Crippen molar-refractivity contribution >= 4 is 11.6 Å². The van der Waals surface area contributed by atoms with Gasteiger partial charge < -0.3 is 5.32 Å². The summed E-state index contributed by atoms with van der Waals surface area (Å²) < 4.78 is 0. The van der Waals surface area contributed by atoms with Gasteiger partial charge in [-0.05, 0) is 18.1 Å². The molecule has 1 aromatic rings. The number of pyridine rings is 1. The highest BCUT2D eigenvalue weighted by Crippen LogP contribution is 2.18. The summed E-state index contributed by atoms with van der Waals surface area (Å²) in [5, 5.41) is 2.76. The number of anilines is 1. The molecule has 0 unspecified atom stereocenters. The molecule has 0 aliphatic rings. The van der Waals surface area contributed by atoms with Gasteiger partial charge in [0.15, 0.2) is 0 Å². The molecule has 0 fully saturated rings. The Bertz CT molecular complexity index is 410. The van der Waals surface area contributed by atoms with Crippen molar-refractivity contribution in [2.45, 2.75) is 20.8 Å². The number of nitrogens with one attached hydrogen (secondary N) is 1. The quantitative estimate of drug-likeness (QED) is 0.708. The van der Waals surface area contributed by atoms with E-state index in [9.17, 15) is 4.79 Å². The molecule has 3 heteroatoms. The number of nitrogens with zero attached hydrogens (tertiary/aromatic N) is 1. The number of hydrogen-bond acceptors (Lipinski definition) is 2. The summed E-state index contributed by atoms with van der Waals surface area (Å²) in [7, 11) is 0. The summed E-state index contributed by atoms with van der Waals surface area (Å²) >= 11 is 0. The van der Waals surface area contributed by atoms with Crippen LogP contribution in [0.2, 0.25) is 0 Å². The Labute approximate surface area is 89.9 Å². The molecule has 0 atom stereocenters. The molecule has 15 heavy (non-hydrogen) atoms.